The minimum atomic E-state index is -0.410. The first kappa shape index (κ1) is 21.3. The van der Waals surface area contributed by atoms with E-state index in [4.69, 9.17) is 9.47 Å². The van der Waals surface area contributed by atoms with Crippen LogP contribution in [0.15, 0.2) is 96.4 Å². The van der Waals surface area contributed by atoms with Gasteiger partial charge in [0.2, 0.25) is 5.88 Å². The zero-order valence-corrected chi connectivity index (χ0v) is 18.8. The maximum atomic E-state index is 13.2. The van der Waals surface area contributed by atoms with Crippen LogP contribution in [0.4, 0.5) is 0 Å². The molecule has 1 aliphatic heterocycles. The number of ether oxygens (including phenoxy) is 2. The number of carbonyl (C=O) groups is 1. The molecule has 0 unspecified atom stereocenters. The zero-order valence-electron chi connectivity index (χ0n) is 18.8. The third kappa shape index (κ3) is 3.66. The number of allylic oxidation sites excluding steroid dienone is 1. The molecule has 1 atom stereocenters. The first-order valence-corrected chi connectivity index (χ1v) is 11.0. The summed E-state index contributed by atoms with van der Waals surface area (Å²) in [6, 6.07) is 29.3. The van der Waals surface area contributed by atoms with Crippen molar-refractivity contribution in [1.82, 2.24) is 5.32 Å². The molecule has 34 heavy (non-hydrogen) atoms. The lowest BCUT2D eigenvalue weighted by Crippen LogP contribution is -2.31. The van der Waals surface area contributed by atoms with Gasteiger partial charge in [0.15, 0.2) is 0 Å². The lowest BCUT2D eigenvalue weighted by molar-refractivity contribution is 0.0944. The van der Waals surface area contributed by atoms with Crippen molar-refractivity contribution in [2.24, 2.45) is 0 Å². The molecule has 0 aliphatic carbocycles. The minimum absolute atomic E-state index is 0.131. The van der Waals surface area contributed by atoms with E-state index in [1.807, 2.05) is 67.6 Å². The van der Waals surface area contributed by atoms with Gasteiger partial charge in [-0.1, -0.05) is 72.3 Å². The molecule has 1 heterocycles. The van der Waals surface area contributed by atoms with Crippen molar-refractivity contribution in [2.45, 2.75) is 12.8 Å². The number of benzene rings is 4. The molecular formula is C29H22N2O3. The monoisotopic (exact) mass is 446 g/mol. The van der Waals surface area contributed by atoms with Gasteiger partial charge >= 0.3 is 0 Å². The van der Waals surface area contributed by atoms with Gasteiger partial charge in [-0.15, -0.1) is 0 Å². The summed E-state index contributed by atoms with van der Waals surface area (Å²) in [6.45, 7) is 2.02. The van der Waals surface area contributed by atoms with E-state index in [2.05, 4.69) is 11.4 Å². The van der Waals surface area contributed by atoms with E-state index in [9.17, 15) is 10.1 Å². The van der Waals surface area contributed by atoms with E-state index in [-0.39, 0.29) is 5.88 Å². The van der Waals surface area contributed by atoms with Crippen molar-refractivity contribution >= 4 is 16.7 Å². The first-order valence-electron chi connectivity index (χ1n) is 11.0. The predicted octanol–water partition coefficient (Wildman–Crippen LogP) is 5.85. The van der Waals surface area contributed by atoms with Crippen LogP contribution in [0.1, 0.15) is 33.0 Å². The highest BCUT2D eigenvalue weighted by Gasteiger charge is 2.34. The second-order valence-electron chi connectivity index (χ2n) is 8.15. The summed E-state index contributed by atoms with van der Waals surface area (Å²) >= 11 is 0. The van der Waals surface area contributed by atoms with E-state index in [0.717, 1.165) is 27.5 Å². The third-order valence-corrected chi connectivity index (χ3v) is 6.07. The summed E-state index contributed by atoms with van der Waals surface area (Å²) in [5.74, 6) is 0.377. The smallest absolute Gasteiger partial charge is 0.261 e. The molecule has 5 nitrogen and oxygen atoms in total. The number of nitrogens with zero attached hydrogens (tertiary/aromatic N) is 1. The van der Waals surface area contributed by atoms with Crippen LogP contribution in [0.3, 0.4) is 0 Å². The lowest BCUT2D eigenvalue weighted by atomic mass is 9.81. The average Bonchev–Trinajstić information content (AvgIpc) is 2.88. The summed E-state index contributed by atoms with van der Waals surface area (Å²) < 4.78 is 11.5. The van der Waals surface area contributed by atoms with E-state index in [1.54, 1.807) is 24.3 Å². The Bertz CT molecular complexity index is 1480. The number of hydrogen-bond acceptors (Lipinski definition) is 4. The lowest BCUT2D eigenvalue weighted by Gasteiger charge is -2.29. The fraction of sp³-hybridized carbons (Fsp3) is 0.103. The molecule has 166 valence electrons. The summed E-state index contributed by atoms with van der Waals surface area (Å²) in [6.07, 6.45) is 0. The van der Waals surface area contributed by atoms with Crippen LogP contribution in [0.2, 0.25) is 0 Å². The highest BCUT2D eigenvalue weighted by atomic mass is 16.5. The molecule has 0 spiro atoms. The molecule has 0 aromatic heterocycles. The highest BCUT2D eigenvalue weighted by molar-refractivity contribution is 5.98. The number of amides is 1. The molecule has 0 fully saturated rings. The van der Waals surface area contributed by atoms with Gasteiger partial charge in [0.05, 0.1) is 18.6 Å². The van der Waals surface area contributed by atoms with Crippen LogP contribution in [0, 0.1) is 18.3 Å². The minimum Gasteiger partial charge on any atom is -0.496 e. The van der Waals surface area contributed by atoms with Crippen molar-refractivity contribution in [3.63, 3.8) is 0 Å². The summed E-state index contributed by atoms with van der Waals surface area (Å²) in [5, 5.41) is 15.2. The maximum Gasteiger partial charge on any atom is 0.261 e. The fourth-order valence-corrected chi connectivity index (χ4v) is 4.41. The molecule has 5 rings (SSSR count). The first-order chi connectivity index (χ1) is 16.6. The summed E-state index contributed by atoms with van der Waals surface area (Å²) in [5.41, 5.74) is 3.69. The molecule has 1 amide bonds. The van der Waals surface area contributed by atoms with E-state index in [1.165, 1.54) is 7.11 Å². The molecule has 0 saturated heterocycles. The zero-order chi connectivity index (χ0) is 23.7. The molecule has 0 saturated carbocycles. The number of nitrogens with one attached hydrogen (secondary N) is 1. The number of hydrogen-bond donors (Lipinski definition) is 1. The van der Waals surface area contributed by atoms with Gasteiger partial charge in [-0.25, -0.2) is 0 Å². The van der Waals surface area contributed by atoms with Crippen LogP contribution < -0.4 is 14.8 Å². The summed E-state index contributed by atoms with van der Waals surface area (Å²) in [4.78, 5) is 13.2. The fourth-order valence-electron chi connectivity index (χ4n) is 4.41. The quantitative estimate of drug-likeness (QED) is 0.427. The van der Waals surface area contributed by atoms with E-state index >= 15 is 0 Å². The number of rotatable bonds is 4. The molecule has 1 aliphatic rings. The molecule has 1 N–H and O–H groups in total. The Morgan fingerprint density at radius 1 is 0.971 bits per heavy atom. The van der Waals surface area contributed by atoms with Crippen LogP contribution in [0.5, 0.6) is 11.5 Å². The maximum absolute atomic E-state index is 13.2. The molecule has 0 radical (unpaired) electrons. The molecule has 0 bridgehead atoms. The van der Waals surface area contributed by atoms with Crippen molar-refractivity contribution in [3.05, 3.63) is 119 Å². The Balaban J connectivity index is 1.68. The summed E-state index contributed by atoms with van der Waals surface area (Å²) in [7, 11) is 1.51. The number of para-hydroxylation sites is 1. The van der Waals surface area contributed by atoms with Gasteiger partial charge in [0, 0.05) is 5.56 Å². The van der Waals surface area contributed by atoms with E-state index in [0.29, 0.717) is 22.6 Å². The van der Waals surface area contributed by atoms with Crippen LogP contribution in [-0.4, -0.2) is 13.0 Å². The predicted molar refractivity (Wildman–Crippen MR) is 131 cm³/mol. The molecule has 4 aromatic rings. The van der Waals surface area contributed by atoms with Crippen LogP contribution >= 0.6 is 0 Å². The van der Waals surface area contributed by atoms with Crippen molar-refractivity contribution in [1.29, 1.82) is 5.26 Å². The normalized spacial score (nSPS) is 14.7. The Hall–Kier alpha value is -4.56. The van der Waals surface area contributed by atoms with Crippen LogP contribution in [0.25, 0.3) is 10.8 Å². The number of carbonyl (C=O) groups excluding carboxylic acids is 1. The van der Waals surface area contributed by atoms with Crippen molar-refractivity contribution in [3.8, 4) is 17.6 Å². The van der Waals surface area contributed by atoms with Crippen molar-refractivity contribution < 1.29 is 14.3 Å². The Morgan fingerprint density at radius 2 is 1.71 bits per heavy atom. The van der Waals surface area contributed by atoms with E-state index < -0.39 is 11.8 Å². The second-order valence-corrected chi connectivity index (χ2v) is 8.15. The van der Waals surface area contributed by atoms with Crippen molar-refractivity contribution in [2.75, 3.05) is 7.11 Å². The molecule has 4 aromatic carbocycles. The topological polar surface area (TPSA) is 71.3 Å². The third-order valence-electron chi connectivity index (χ3n) is 6.07. The van der Waals surface area contributed by atoms with Gasteiger partial charge in [-0.2, -0.15) is 5.26 Å². The second kappa shape index (κ2) is 8.76. The highest BCUT2D eigenvalue weighted by Crippen LogP contribution is 2.46. The van der Waals surface area contributed by atoms with Gasteiger partial charge in [-0.05, 0) is 41.5 Å². The Morgan fingerprint density at radius 3 is 2.47 bits per heavy atom. The average molecular weight is 447 g/mol. The Labute approximate surface area is 197 Å². The van der Waals surface area contributed by atoms with Crippen LogP contribution in [-0.2, 0) is 0 Å². The number of nitriles is 1. The van der Waals surface area contributed by atoms with Gasteiger partial charge in [-0.3, -0.25) is 10.1 Å². The standard InChI is InChI=1S/C29H22N2O3/c1-18-11-13-20(14-12-18)26-23(17-30)29(31-28(32)22-9-5-6-10-24(22)33-2)34-25-16-15-19-7-3-4-8-21(19)27(25)26/h3-16,26H,1-2H3,(H,31,32)/t26-/m0/s1. The molecular weight excluding hydrogens is 424 g/mol. The molecule has 5 heteroatoms. The largest absolute Gasteiger partial charge is 0.496 e. The van der Waals surface area contributed by atoms with Gasteiger partial charge in [0.1, 0.15) is 23.1 Å². The Kier molecular flexibility index (Phi) is 5.49. The number of fused-ring (bicyclic) bond motifs is 3. The number of methoxy groups -OCH3 is 1. The number of aryl methyl sites for hydroxylation is 1. The van der Waals surface area contributed by atoms with Gasteiger partial charge in [0.25, 0.3) is 5.91 Å². The SMILES string of the molecule is COc1ccccc1C(=O)NC1=C(C#N)[C@H](c2ccc(C)cc2)c2c(ccc3ccccc23)O1. The van der Waals surface area contributed by atoms with Gasteiger partial charge < -0.3 is 9.47 Å².